The van der Waals surface area contributed by atoms with Gasteiger partial charge in [-0.15, -0.1) is 0 Å². The van der Waals surface area contributed by atoms with Gasteiger partial charge in [-0.25, -0.2) is 0 Å². The summed E-state index contributed by atoms with van der Waals surface area (Å²) in [5, 5.41) is 11.1. The van der Waals surface area contributed by atoms with Gasteiger partial charge < -0.3 is 14.6 Å². The first-order chi connectivity index (χ1) is 21.6. The number of hydrogen-bond donors (Lipinski definition) is 1. The second-order valence-electron chi connectivity index (χ2n) is 17.5. The van der Waals surface area contributed by atoms with Gasteiger partial charge in [0.1, 0.15) is 11.5 Å². The standard InChI is InChI=1S/C42H66O5/c1-14-15-16-17-18-19-24-46-35(43)22-20-30-27-33(41(8,9)10)38(34(28-30)42(11,12)13)47-36(44)23-21-29-25-31(39(2,3)4)37(45)32(26-29)40(5,6)7/h25-28,45H,14-24H2,1-13H3. The van der Waals surface area contributed by atoms with Crippen LogP contribution in [0.5, 0.6) is 11.5 Å². The molecule has 0 bridgehead atoms. The molecule has 2 rings (SSSR count). The van der Waals surface area contributed by atoms with Crippen molar-refractivity contribution in [3.8, 4) is 11.5 Å². The van der Waals surface area contributed by atoms with Crippen molar-refractivity contribution in [2.24, 2.45) is 0 Å². The average molecular weight is 651 g/mol. The van der Waals surface area contributed by atoms with Crippen molar-refractivity contribution in [2.75, 3.05) is 6.61 Å². The van der Waals surface area contributed by atoms with Gasteiger partial charge in [-0.1, -0.05) is 146 Å². The summed E-state index contributed by atoms with van der Waals surface area (Å²) >= 11 is 0. The van der Waals surface area contributed by atoms with Crippen LogP contribution in [0.2, 0.25) is 0 Å². The summed E-state index contributed by atoms with van der Waals surface area (Å²) in [7, 11) is 0. The number of hydrogen-bond acceptors (Lipinski definition) is 5. The maximum Gasteiger partial charge on any atom is 0.311 e. The molecule has 5 heteroatoms. The lowest BCUT2D eigenvalue weighted by Gasteiger charge is -2.30. The van der Waals surface area contributed by atoms with Gasteiger partial charge >= 0.3 is 11.9 Å². The molecule has 0 spiro atoms. The van der Waals surface area contributed by atoms with Crippen LogP contribution in [0.1, 0.15) is 175 Å². The van der Waals surface area contributed by atoms with Crippen LogP contribution in [-0.2, 0) is 48.8 Å². The second-order valence-corrected chi connectivity index (χ2v) is 17.5. The smallest absolute Gasteiger partial charge is 0.311 e. The van der Waals surface area contributed by atoms with Crippen molar-refractivity contribution < 1.29 is 24.2 Å². The van der Waals surface area contributed by atoms with Crippen LogP contribution >= 0.6 is 0 Å². The van der Waals surface area contributed by atoms with Gasteiger partial charge in [0.15, 0.2) is 0 Å². The van der Waals surface area contributed by atoms with Crippen LogP contribution in [-0.4, -0.2) is 23.7 Å². The Morgan fingerprint density at radius 1 is 0.574 bits per heavy atom. The summed E-state index contributed by atoms with van der Waals surface area (Å²) in [6.07, 6.45) is 8.58. The van der Waals surface area contributed by atoms with E-state index in [9.17, 15) is 14.7 Å². The molecule has 0 atom stereocenters. The Morgan fingerprint density at radius 2 is 0.957 bits per heavy atom. The van der Waals surface area contributed by atoms with E-state index in [0.717, 1.165) is 46.2 Å². The highest BCUT2D eigenvalue weighted by atomic mass is 16.5. The molecule has 5 nitrogen and oxygen atoms in total. The van der Waals surface area contributed by atoms with E-state index in [-0.39, 0.29) is 40.0 Å². The Kier molecular flexibility index (Phi) is 14.2. The molecule has 0 aliphatic heterocycles. The maximum atomic E-state index is 13.5. The van der Waals surface area contributed by atoms with Gasteiger partial charge in [-0.3, -0.25) is 9.59 Å². The average Bonchev–Trinajstić information content (AvgIpc) is 2.93. The van der Waals surface area contributed by atoms with Crippen LogP contribution in [0.25, 0.3) is 0 Å². The van der Waals surface area contributed by atoms with E-state index in [0.29, 0.717) is 37.4 Å². The zero-order chi connectivity index (χ0) is 35.8. The fraction of sp³-hybridized carbons (Fsp3) is 0.667. The first-order valence-electron chi connectivity index (χ1n) is 18.0. The highest BCUT2D eigenvalue weighted by molar-refractivity contribution is 5.74. The zero-order valence-electron chi connectivity index (χ0n) is 32.2. The highest BCUT2D eigenvalue weighted by Crippen LogP contribution is 2.42. The lowest BCUT2D eigenvalue weighted by atomic mass is 9.78. The van der Waals surface area contributed by atoms with Crippen LogP contribution in [0, 0.1) is 0 Å². The number of benzene rings is 2. The topological polar surface area (TPSA) is 72.8 Å². The van der Waals surface area contributed by atoms with E-state index in [1.165, 1.54) is 25.7 Å². The molecule has 0 aliphatic carbocycles. The van der Waals surface area contributed by atoms with Crippen LogP contribution < -0.4 is 4.74 Å². The fourth-order valence-electron chi connectivity index (χ4n) is 5.84. The SMILES string of the molecule is CCCCCCCCOC(=O)CCc1cc(C(C)(C)C)c(OC(=O)CCc2cc(C(C)(C)C)c(O)c(C(C)(C)C)c2)c(C(C)(C)C)c1. The van der Waals surface area contributed by atoms with Gasteiger partial charge in [0.25, 0.3) is 0 Å². The van der Waals surface area contributed by atoms with E-state index >= 15 is 0 Å². The molecular weight excluding hydrogens is 584 g/mol. The predicted octanol–water partition coefficient (Wildman–Crippen LogP) is 11.0. The van der Waals surface area contributed by atoms with Gasteiger partial charge in [0, 0.05) is 24.0 Å². The number of aryl methyl sites for hydroxylation is 2. The summed E-state index contributed by atoms with van der Waals surface area (Å²) < 4.78 is 11.8. The van der Waals surface area contributed by atoms with E-state index < -0.39 is 0 Å². The lowest BCUT2D eigenvalue weighted by Crippen LogP contribution is -2.23. The molecule has 2 aromatic carbocycles. The monoisotopic (exact) mass is 650 g/mol. The fourth-order valence-corrected chi connectivity index (χ4v) is 5.84. The van der Waals surface area contributed by atoms with Crippen molar-refractivity contribution in [1.29, 1.82) is 0 Å². The number of aromatic hydroxyl groups is 1. The van der Waals surface area contributed by atoms with Gasteiger partial charge in [0.2, 0.25) is 0 Å². The van der Waals surface area contributed by atoms with E-state index in [1.807, 2.05) is 12.1 Å². The van der Waals surface area contributed by atoms with Crippen molar-refractivity contribution >= 4 is 11.9 Å². The third kappa shape index (κ3) is 12.6. The Labute approximate surface area is 287 Å². The largest absolute Gasteiger partial charge is 0.507 e. The number of unbranched alkanes of at least 4 members (excludes halogenated alkanes) is 5. The molecule has 0 aromatic heterocycles. The van der Waals surface area contributed by atoms with E-state index in [4.69, 9.17) is 9.47 Å². The molecule has 0 saturated heterocycles. The Bertz CT molecular complexity index is 1270. The summed E-state index contributed by atoms with van der Waals surface area (Å²) in [6, 6.07) is 8.27. The second kappa shape index (κ2) is 16.5. The quantitative estimate of drug-likeness (QED) is 0.125. The first-order valence-corrected chi connectivity index (χ1v) is 18.0. The summed E-state index contributed by atoms with van der Waals surface area (Å²) in [6.45, 7) is 28.0. The third-order valence-corrected chi connectivity index (χ3v) is 8.76. The van der Waals surface area contributed by atoms with Crippen LogP contribution in [0.15, 0.2) is 24.3 Å². The maximum absolute atomic E-state index is 13.5. The van der Waals surface area contributed by atoms with Gasteiger partial charge in [0.05, 0.1) is 6.61 Å². The normalized spacial score (nSPS) is 12.7. The molecular formula is C42H66O5. The first kappa shape index (κ1) is 40.4. The molecule has 0 aliphatic rings. The van der Waals surface area contributed by atoms with E-state index in [2.05, 4.69) is 102 Å². The van der Waals surface area contributed by atoms with Crippen molar-refractivity contribution in [1.82, 2.24) is 0 Å². The summed E-state index contributed by atoms with van der Waals surface area (Å²) in [4.78, 5) is 26.1. The molecule has 0 unspecified atom stereocenters. The van der Waals surface area contributed by atoms with Crippen molar-refractivity contribution in [3.63, 3.8) is 0 Å². The molecule has 0 fully saturated rings. The lowest BCUT2D eigenvalue weighted by molar-refractivity contribution is -0.143. The Balaban J connectivity index is 2.27. The Morgan fingerprint density at radius 3 is 1.38 bits per heavy atom. The third-order valence-electron chi connectivity index (χ3n) is 8.76. The number of phenolic OH excluding ortho intramolecular Hbond substituents is 1. The minimum absolute atomic E-state index is 0.165. The number of esters is 2. The molecule has 47 heavy (non-hydrogen) atoms. The van der Waals surface area contributed by atoms with Crippen LogP contribution in [0.4, 0.5) is 0 Å². The predicted molar refractivity (Wildman–Crippen MR) is 196 cm³/mol. The molecule has 1 N–H and O–H groups in total. The van der Waals surface area contributed by atoms with Crippen molar-refractivity contribution in [3.05, 3.63) is 57.6 Å². The number of phenols is 1. The number of carbonyl (C=O) groups excluding carboxylic acids is 2. The molecule has 0 amide bonds. The van der Waals surface area contributed by atoms with Gasteiger partial charge in [-0.2, -0.15) is 0 Å². The molecule has 264 valence electrons. The summed E-state index contributed by atoms with van der Waals surface area (Å²) in [5.74, 6) is 0.518. The van der Waals surface area contributed by atoms with Crippen LogP contribution in [0.3, 0.4) is 0 Å². The number of rotatable bonds is 14. The van der Waals surface area contributed by atoms with E-state index in [1.54, 1.807) is 0 Å². The minimum Gasteiger partial charge on any atom is -0.507 e. The van der Waals surface area contributed by atoms with Gasteiger partial charge in [-0.05, 0) is 63.2 Å². The Hall–Kier alpha value is -2.82. The van der Waals surface area contributed by atoms with Crippen molar-refractivity contribution in [2.45, 2.75) is 176 Å². The summed E-state index contributed by atoms with van der Waals surface area (Å²) in [5.41, 5.74) is 4.71. The number of ether oxygens (including phenoxy) is 2. The highest BCUT2D eigenvalue weighted by Gasteiger charge is 2.30. The molecule has 0 heterocycles. The zero-order valence-corrected chi connectivity index (χ0v) is 32.2. The number of carbonyl (C=O) groups is 2. The molecule has 2 aromatic rings. The molecule has 0 radical (unpaired) electrons. The molecule has 0 saturated carbocycles. The minimum atomic E-state index is -0.288.